The van der Waals surface area contributed by atoms with Crippen LogP contribution >= 0.6 is 34.9 Å². The Labute approximate surface area is 202 Å². The zero-order chi connectivity index (χ0) is 23.1. The van der Waals surface area contributed by atoms with Crippen LogP contribution in [-0.2, 0) is 4.79 Å². The Morgan fingerprint density at radius 1 is 1.22 bits per heavy atom. The lowest BCUT2D eigenvalue weighted by atomic mass is 9.86. The topological polar surface area (TPSA) is 82.5 Å². The minimum atomic E-state index is -0.951. The van der Waals surface area contributed by atoms with Gasteiger partial charge in [0.2, 0.25) is 0 Å². The molecular weight excluding hydrogens is 462 g/mol. The van der Waals surface area contributed by atoms with E-state index in [1.165, 1.54) is 28.0 Å². The number of aliphatic carboxylic acids is 1. The Kier molecular flexibility index (Phi) is 8.90. The molecule has 0 aliphatic heterocycles. The fourth-order valence-electron chi connectivity index (χ4n) is 3.61. The van der Waals surface area contributed by atoms with E-state index in [0.29, 0.717) is 17.6 Å². The SMILES string of the molecule is CC1CCC(N(CCSc2ccccc2)C(=O)Nc2ncc(SC(C)(C)C(=O)O)s2)CC1. The molecule has 2 aromatic rings. The zero-order valence-corrected chi connectivity index (χ0v) is 21.2. The van der Waals surface area contributed by atoms with Crippen molar-refractivity contribution in [2.24, 2.45) is 5.92 Å². The normalized spacial score (nSPS) is 18.8. The minimum absolute atomic E-state index is 0.124. The quantitative estimate of drug-likeness (QED) is 0.399. The van der Waals surface area contributed by atoms with Crippen LogP contribution in [0, 0.1) is 5.92 Å². The smallest absolute Gasteiger partial charge is 0.323 e. The Bertz CT molecular complexity index is 896. The third-order valence-corrected chi connectivity index (χ3v) is 8.79. The van der Waals surface area contributed by atoms with Crippen LogP contribution in [0.1, 0.15) is 46.5 Å². The summed E-state index contributed by atoms with van der Waals surface area (Å²) in [6, 6.07) is 10.3. The molecule has 0 spiro atoms. The molecule has 1 saturated carbocycles. The van der Waals surface area contributed by atoms with Gasteiger partial charge in [0.25, 0.3) is 0 Å². The van der Waals surface area contributed by atoms with Crippen molar-refractivity contribution in [2.75, 3.05) is 17.6 Å². The van der Waals surface area contributed by atoms with Crippen LogP contribution in [0.25, 0.3) is 0 Å². The summed E-state index contributed by atoms with van der Waals surface area (Å²) in [4.78, 5) is 32.1. The molecule has 9 heteroatoms. The molecule has 6 nitrogen and oxygen atoms in total. The zero-order valence-electron chi connectivity index (χ0n) is 18.7. The largest absolute Gasteiger partial charge is 0.480 e. The summed E-state index contributed by atoms with van der Waals surface area (Å²) in [5.74, 6) is 0.663. The molecule has 0 atom stereocenters. The second-order valence-electron chi connectivity index (χ2n) is 8.60. The number of thioether (sulfide) groups is 2. The minimum Gasteiger partial charge on any atom is -0.480 e. The third kappa shape index (κ3) is 7.15. The van der Waals surface area contributed by atoms with Crippen LogP contribution in [0.2, 0.25) is 0 Å². The summed E-state index contributed by atoms with van der Waals surface area (Å²) >= 11 is 4.31. The van der Waals surface area contributed by atoms with Gasteiger partial charge in [-0.15, -0.1) is 11.8 Å². The van der Waals surface area contributed by atoms with Gasteiger partial charge >= 0.3 is 12.0 Å². The Morgan fingerprint density at radius 3 is 2.56 bits per heavy atom. The standard InChI is InChI=1S/C23H31N3O3S3/c1-16-9-11-17(12-10-16)26(13-14-30-18-7-5-4-6-8-18)22(29)25-21-24-15-19(31-21)32-23(2,3)20(27)28/h4-8,15-17H,9-14H2,1-3H3,(H,27,28)(H,24,25,29). The highest BCUT2D eigenvalue weighted by molar-refractivity contribution is 8.03. The second kappa shape index (κ2) is 11.4. The molecule has 1 aliphatic carbocycles. The molecule has 0 saturated heterocycles. The molecule has 3 rings (SSSR count). The Balaban J connectivity index is 1.63. The van der Waals surface area contributed by atoms with Gasteiger partial charge in [0.1, 0.15) is 4.75 Å². The van der Waals surface area contributed by atoms with Gasteiger partial charge < -0.3 is 10.0 Å². The number of urea groups is 1. The highest BCUT2D eigenvalue weighted by Gasteiger charge is 2.30. The summed E-state index contributed by atoms with van der Waals surface area (Å²) in [5, 5.41) is 12.8. The molecule has 174 valence electrons. The van der Waals surface area contributed by atoms with E-state index in [4.69, 9.17) is 0 Å². The number of benzene rings is 1. The van der Waals surface area contributed by atoms with Crippen LogP contribution in [0.4, 0.5) is 9.93 Å². The highest BCUT2D eigenvalue weighted by atomic mass is 32.2. The number of carboxylic acid groups (broad SMARTS) is 1. The lowest BCUT2D eigenvalue weighted by Crippen LogP contribution is -2.45. The molecular formula is C23H31N3O3S3. The van der Waals surface area contributed by atoms with E-state index in [1.54, 1.807) is 31.8 Å². The molecule has 0 bridgehead atoms. The first kappa shape index (κ1) is 24.9. The summed E-state index contributed by atoms with van der Waals surface area (Å²) < 4.78 is -0.182. The molecule has 1 aromatic carbocycles. The molecule has 0 unspecified atom stereocenters. The maximum absolute atomic E-state index is 13.2. The van der Waals surface area contributed by atoms with E-state index >= 15 is 0 Å². The van der Waals surface area contributed by atoms with Gasteiger partial charge in [-0.2, -0.15) is 0 Å². The van der Waals surface area contributed by atoms with Crippen molar-refractivity contribution in [2.45, 2.75) is 66.3 Å². The number of hydrogen-bond donors (Lipinski definition) is 2. The van der Waals surface area contributed by atoms with Crippen LogP contribution in [0.5, 0.6) is 0 Å². The molecule has 1 aromatic heterocycles. The van der Waals surface area contributed by atoms with E-state index in [-0.39, 0.29) is 12.1 Å². The van der Waals surface area contributed by atoms with Crippen molar-refractivity contribution < 1.29 is 14.7 Å². The summed E-state index contributed by atoms with van der Waals surface area (Å²) in [6.45, 7) is 6.27. The molecule has 0 radical (unpaired) electrons. The van der Waals surface area contributed by atoms with E-state index in [2.05, 4.69) is 29.4 Å². The average molecular weight is 494 g/mol. The first-order valence-electron chi connectivity index (χ1n) is 10.9. The molecule has 1 heterocycles. The number of nitrogens with one attached hydrogen (secondary N) is 1. The van der Waals surface area contributed by atoms with E-state index < -0.39 is 10.7 Å². The van der Waals surface area contributed by atoms with E-state index in [0.717, 1.165) is 35.6 Å². The number of nitrogens with zero attached hydrogens (tertiary/aromatic N) is 2. The average Bonchev–Trinajstić information content (AvgIpc) is 3.18. The van der Waals surface area contributed by atoms with Crippen LogP contribution in [0.15, 0.2) is 45.6 Å². The Hall–Kier alpha value is -1.71. The number of anilines is 1. The fraction of sp³-hybridized carbons (Fsp3) is 0.522. The maximum atomic E-state index is 13.2. The monoisotopic (exact) mass is 493 g/mol. The number of hydrogen-bond acceptors (Lipinski definition) is 6. The van der Waals surface area contributed by atoms with Crippen molar-refractivity contribution in [3.8, 4) is 0 Å². The Morgan fingerprint density at radius 2 is 1.91 bits per heavy atom. The van der Waals surface area contributed by atoms with Crippen LogP contribution < -0.4 is 5.32 Å². The number of rotatable bonds is 9. The van der Waals surface area contributed by atoms with Crippen molar-refractivity contribution in [3.05, 3.63) is 36.5 Å². The molecule has 2 N–H and O–H groups in total. The van der Waals surface area contributed by atoms with Gasteiger partial charge in [-0.25, -0.2) is 9.78 Å². The molecule has 1 aliphatic rings. The number of amides is 2. The lowest BCUT2D eigenvalue weighted by Gasteiger charge is -2.36. The van der Waals surface area contributed by atoms with E-state index in [9.17, 15) is 14.7 Å². The number of thiazole rings is 1. The number of carbonyl (C=O) groups excluding carboxylic acids is 1. The lowest BCUT2D eigenvalue weighted by molar-refractivity contribution is -0.138. The van der Waals surface area contributed by atoms with Gasteiger partial charge in [0.05, 0.1) is 10.4 Å². The maximum Gasteiger partial charge on any atom is 0.323 e. The summed E-state index contributed by atoms with van der Waals surface area (Å²) in [6.07, 6.45) is 5.96. The summed E-state index contributed by atoms with van der Waals surface area (Å²) in [7, 11) is 0. The third-order valence-electron chi connectivity index (χ3n) is 5.60. The van der Waals surface area contributed by atoms with Crippen molar-refractivity contribution >= 4 is 52.0 Å². The van der Waals surface area contributed by atoms with Crippen LogP contribution in [0.3, 0.4) is 0 Å². The number of carbonyl (C=O) groups is 2. The fourth-order valence-corrected chi connectivity index (χ4v) is 6.74. The highest BCUT2D eigenvalue weighted by Crippen LogP contribution is 2.37. The van der Waals surface area contributed by atoms with Gasteiger partial charge in [0, 0.05) is 23.2 Å². The van der Waals surface area contributed by atoms with Crippen molar-refractivity contribution in [3.63, 3.8) is 0 Å². The molecule has 2 amide bonds. The molecule has 32 heavy (non-hydrogen) atoms. The van der Waals surface area contributed by atoms with Gasteiger partial charge in [0.15, 0.2) is 5.13 Å². The first-order valence-corrected chi connectivity index (χ1v) is 13.5. The first-order chi connectivity index (χ1) is 15.2. The van der Waals surface area contributed by atoms with Crippen molar-refractivity contribution in [1.29, 1.82) is 0 Å². The van der Waals surface area contributed by atoms with Gasteiger partial charge in [-0.05, 0) is 57.6 Å². The second-order valence-corrected chi connectivity index (χ2v) is 12.7. The van der Waals surface area contributed by atoms with Crippen LogP contribution in [-0.4, -0.2) is 50.1 Å². The summed E-state index contributed by atoms with van der Waals surface area (Å²) in [5.41, 5.74) is 0. The van der Waals surface area contributed by atoms with Crippen molar-refractivity contribution in [1.82, 2.24) is 9.88 Å². The van der Waals surface area contributed by atoms with Gasteiger partial charge in [-0.3, -0.25) is 10.1 Å². The predicted molar refractivity (Wildman–Crippen MR) is 134 cm³/mol. The predicted octanol–water partition coefficient (Wildman–Crippen LogP) is 6.30. The number of aromatic nitrogens is 1. The van der Waals surface area contributed by atoms with E-state index in [1.807, 2.05) is 23.1 Å². The molecule has 1 fully saturated rings. The number of carboxylic acids is 1. The van der Waals surface area contributed by atoms with Gasteiger partial charge in [-0.1, -0.05) is 48.2 Å².